The van der Waals surface area contributed by atoms with Crippen molar-refractivity contribution in [3.8, 4) is 0 Å². The highest BCUT2D eigenvalue weighted by Crippen LogP contribution is 2.32. The number of nitrogens with one attached hydrogen (secondary N) is 2. The van der Waals surface area contributed by atoms with Gasteiger partial charge in [0.2, 0.25) is 5.91 Å². The highest BCUT2D eigenvalue weighted by atomic mass is 79.9. The van der Waals surface area contributed by atoms with Crippen LogP contribution in [0.2, 0.25) is 0 Å². The van der Waals surface area contributed by atoms with Crippen LogP contribution in [0.15, 0.2) is 15.9 Å². The number of carboxylic acids is 1. The van der Waals surface area contributed by atoms with Gasteiger partial charge < -0.3 is 15.7 Å². The van der Waals surface area contributed by atoms with Crippen molar-refractivity contribution in [2.75, 3.05) is 0 Å². The number of thiophene rings is 1. The van der Waals surface area contributed by atoms with Gasteiger partial charge in [0.15, 0.2) is 0 Å². The molecule has 1 atom stereocenters. The molecule has 0 bridgehead atoms. The van der Waals surface area contributed by atoms with Gasteiger partial charge in [0, 0.05) is 0 Å². The quantitative estimate of drug-likeness (QED) is 0.731. The zero-order valence-electron chi connectivity index (χ0n) is 11.3. The second kappa shape index (κ2) is 6.15. The first-order valence-corrected chi connectivity index (χ1v) is 8.07. The minimum Gasteiger partial charge on any atom is -0.480 e. The fraction of sp³-hybridized carbons (Fsp3) is 0.462. The SMILES string of the molecule is CC(NC(=O)c1ccc(Br)s1)C(=O)NC1(C(=O)O)CCC1. The van der Waals surface area contributed by atoms with Crippen LogP contribution in [0.4, 0.5) is 0 Å². The molecular weight excluding hydrogens is 360 g/mol. The van der Waals surface area contributed by atoms with E-state index < -0.39 is 23.5 Å². The summed E-state index contributed by atoms with van der Waals surface area (Å²) in [6.07, 6.45) is 1.62. The summed E-state index contributed by atoms with van der Waals surface area (Å²) in [7, 11) is 0. The molecule has 1 aliphatic carbocycles. The van der Waals surface area contributed by atoms with Gasteiger partial charge in [0.1, 0.15) is 11.6 Å². The highest BCUT2D eigenvalue weighted by molar-refractivity contribution is 9.11. The predicted molar refractivity (Wildman–Crippen MR) is 81.3 cm³/mol. The molecule has 21 heavy (non-hydrogen) atoms. The number of carbonyl (C=O) groups excluding carboxylic acids is 2. The Morgan fingerprint density at radius 3 is 2.48 bits per heavy atom. The van der Waals surface area contributed by atoms with Crippen molar-refractivity contribution < 1.29 is 19.5 Å². The Bertz CT molecular complexity index is 582. The first-order valence-electron chi connectivity index (χ1n) is 6.46. The van der Waals surface area contributed by atoms with Crippen molar-refractivity contribution >= 4 is 45.1 Å². The van der Waals surface area contributed by atoms with E-state index in [9.17, 15) is 19.5 Å². The van der Waals surface area contributed by atoms with Gasteiger partial charge in [-0.15, -0.1) is 11.3 Å². The lowest BCUT2D eigenvalue weighted by Gasteiger charge is -2.38. The molecule has 0 saturated heterocycles. The van der Waals surface area contributed by atoms with Crippen molar-refractivity contribution in [2.24, 2.45) is 0 Å². The van der Waals surface area contributed by atoms with E-state index in [1.165, 1.54) is 18.3 Å². The first kappa shape index (κ1) is 16.0. The second-order valence-electron chi connectivity index (χ2n) is 5.03. The molecule has 8 heteroatoms. The van der Waals surface area contributed by atoms with Crippen LogP contribution in [0.3, 0.4) is 0 Å². The van der Waals surface area contributed by atoms with Crippen LogP contribution < -0.4 is 10.6 Å². The molecule has 3 N–H and O–H groups in total. The van der Waals surface area contributed by atoms with Gasteiger partial charge in [-0.3, -0.25) is 9.59 Å². The Kier molecular flexibility index (Phi) is 4.67. The molecule has 1 heterocycles. The summed E-state index contributed by atoms with van der Waals surface area (Å²) in [6.45, 7) is 1.53. The Morgan fingerprint density at radius 1 is 1.38 bits per heavy atom. The van der Waals surface area contributed by atoms with Crippen molar-refractivity contribution in [1.82, 2.24) is 10.6 Å². The molecule has 1 saturated carbocycles. The van der Waals surface area contributed by atoms with E-state index >= 15 is 0 Å². The molecule has 6 nitrogen and oxygen atoms in total. The Labute approximate surface area is 134 Å². The molecule has 1 unspecified atom stereocenters. The molecule has 1 aliphatic rings. The zero-order valence-corrected chi connectivity index (χ0v) is 13.7. The normalized spacial score (nSPS) is 17.4. The largest absolute Gasteiger partial charge is 0.480 e. The smallest absolute Gasteiger partial charge is 0.329 e. The molecule has 2 rings (SSSR count). The number of halogens is 1. The highest BCUT2D eigenvalue weighted by Gasteiger charge is 2.46. The number of carboxylic acid groups (broad SMARTS) is 1. The summed E-state index contributed by atoms with van der Waals surface area (Å²) in [5, 5.41) is 14.3. The number of carbonyl (C=O) groups is 3. The topological polar surface area (TPSA) is 95.5 Å². The fourth-order valence-electron chi connectivity index (χ4n) is 2.04. The van der Waals surface area contributed by atoms with Crippen LogP contribution in [0, 0.1) is 0 Å². The van der Waals surface area contributed by atoms with Crippen molar-refractivity contribution in [2.45, 2.75) is 37.8 Å². The van der Waals surface area contributed by atoms with Crippen LogP contribution in [0.1, 0.15) is 35.9 Å². The molecule has 1 fully saturated rings. The second-order valence-corrected chi connectivity index (χ2v) is 7.49. The summed E-state index contributed by atoms with van der Waals surface area (Å²) in [6, 6.07) is 2.60. The first-order chi connectivity index (χ1) is 9.84. The Balaban J connectivity index is 1.94. The third-order valence-electron chi connectivity index (χ3n) is 3.52. The van der Waals surface area contributed by atoms with Crippen molar-refractivity contribution in [3.05, 3.63) is 20.8 Å². The minimum atomic E-state index is -1.16. The summed E-state index contributed by atoms with van der Waals surface area (Å²) >= 11 is 4.52. The van der Waals surface area contributed by atoms with Crippen LogP contribution in [-0.2, 0) is 9.59 Å². The van der Waals surface area contributed by atoms with Gasteiger partial charge in [0.25, 0.3) is 5.91 Å². The maximum absolute atomic E-state index is 12.0. The molecule has 114 valence electrons. The predicted octanol–water partition coefficient (Wildman–Crippen LogP) is 1.75. The number of hydrogen-bond acceptors (Lipinski definition) is 4. The number of rotatable bonds is 5. The van der Waals surface area contributed by atoms with E-state index in [0.29, 0.717) is 17.7 Å². The van der Waals surface area contributed by atoms with Gasteiger partial charge in [-0.05, 0) is 54.2 Å². The molecule has 1 aromatic rings. The maximum Gasteiger partial charge on any atom is 0.329 e. The van der Waals surface area contributed by atoms with E-state index in [4.69, 9.17) is 0 Å². The number of amides is 2. The van der Waals surface area contributed by atoms with Crippen LogP contribution in [-0.4, -0.2) is 34.5 Å². The average Bonchev–Trinajstić information content (AvgIpc) is 2.79. The lowest BCUT2D eigenvalue weighted by molar-refractivity contribution is -0.152. The van der Waals surface area contributed by atoms with Gasteiger partial charge in [0.05, 0.1) is 8.66 Å². The molecule has 0 radical (unpaired) electrons. The summed E-state index contributed by atoms with van der Waals surface area (Å²) in [5.41, 5.74) is -1.16. The molecule has 0 aromatic carbocycles. The minimum absolute atomic E-state index is 0.355. The van der Waals surface area contributed by atoms with Gasteiger partial charge >= 0.3 is 5.97 Å². The summed E-state index contributed by atoms with van der Waals surface area (Å²) in [4.78, 5) is 35.7. The van der Waals surface area contributed by atoms with E-state index in [1.807, 2.05) is 0 Å². The monoisotopic (exact) mass is 374 g/mol. The van der Waals surface area contributed by atoms with Gasteiger partial charge in [-0.1, -0.05) is 0 Å². The standard InChI is InChI=1S/C13H15BrN2O4S/c1-7(15-11(18)8-3-4-9(14)21-8)10(17)16-13(12(19)20)5-2-6-13/h3-4,7H,2,5-6H2,1H3,(H,15,18)(H,16,17)(H,19,20). The van der Waals surface area contributed by atoms with E-state index in [-0.39, 0.29) is 5.91 Å². The number of aliphatic carboxylic acids is 1. The third-order valence-corrected chi connectivity index (χ3v) is 5.14. The Morgan fingerprint density at radius 2 is 2.05 bits per heavy atom. The Hall–Kier alpha value is -1.41. The summed E-state index contributed by atoms with van der Waals surface area (Å²) in [5.74, 6) is -1.87. The lowest BCUT2D eigenvalue weighted by atomic mass is 9.76. The molecular formula is C13H15BrN2O4S. The third kappa shape index (κ3) is 3.44. The maximum atomic E-state index is 12.0. The van der Waals surface area contributed by atoms with Gasteiger partial charge in [-0.2, -0.15) is 0 Å². The molecule has 0 aliphatic heterocycles. The van der Waals surface area contributed by atoms with Crippen molar-refractivity contribution in [1.29, 1.82) is 0 Å². The number of hydrogen-bond donors (Lipinski definition) is 3. The molecule has 2 amide bonds. The zero-order chi connectivity index (χ0) is 15.6. The van der Waals surface area contributed by atoms with Crippen LogP contribution in [0.5, 0.6) is 0 Å². The van der Waals surface area contributed by atoms with Gasteiger partial charge in [-0.25, -0.2) is 4.79 Å². The summed E-state index contributed by atoms with van der Waals surface area (Å²) < 4.78 is 0.823. The van der Waals surface area contributed by atoms with Crippen LogP contribution >= 0.6 is 27.3 Å². The average molecular weight is 375 g/mol. The van der Waals surface area contributed by atoms with E-state index in [2.05, 4.69) is 26.6 Å². The van der Waals surface area contributed by atoms with E-state index in [1.54, 1.807) is 12.1 Å². The molecule has 1 aromatic heterocycles. The van der Waals surface area contributed by atoms with Crippen molar-refractivity contribution in [3.63, 3.8) is 0 Å². The van der Waals surface area contributed by atoms with Crippen LogP contribution in [0.25, 0.3) is 0 Å². The fourth-order valence-corrected chi connectivity index (χ4v) is 3.33. The van der Waals surface area contributed by atoms with E-state index in [0.717, 1.165) is 10.2 Å². The molecule has 0 spiro atoms. The lowest BCUT2D eigenvalue weighted by Crippen LogP contribution is -2.62.